The molecule has 10 nitrogen and oxygen atoms in total. The molecule has 0 amide bonds. The number of carbonyl (C=O) groups excluding carboxylic acids is 4. The lowest BCUT2D eigenvalue weighted by Crippen LogP contribution is -2.42. The van der Waals surface area contributed by atoms with Gasteiger partial charge in [0.1, 0.15) is 12.7 Å². The van der Waals surface area contributed by atoms with Crippen LogP contribution < -0.4 is 0 Å². The van der Waals surface area contributed by atoms with E-state index in [0.29, 0.717) is 25.7 Å². The molecule has 1 fully saturated rings. The molecular weight excluding hydrogens is 939 g/mol. The molecule has 0 aromatic carbocycles. The minimum atomic E-state index is -1.30. The fraction of sp³-hybridized carbons (Fsp3) is 0.846. The van der Waals surface area contributed by atoms with E-state index in [-0.39, 0.29) is 32.3 Å². The molecule has 0 aliphatic carbocycles. The van der Waals surface area contributed by atoms with E-state index in [9.17, 15) is 19.2 Å². The maximum absolute atomic E-state index is 13.5. The molecule has 10 heteroatoms. The van der Waals surface area contributed by atoms with E-state index in [4.69, 9.17) is 23.7 Å². The molecule has 0 spiro atoms. The standard InChI is InChI=1S/C65H117NO9/c1-6-9-12-15-18-21-24-27-30-33-36-39-42-45-48-52-60(68)73-63-58(57-71-59(67)55-51-56-66(4)5)72-65(75-62(70)54-50-47-44-41-38-35-32-29-26-23-20-17-14-11-8-3)64(63)74-61(69)53-49-46-43-40-37-34-31-28-25-22-19-16-13-10-7-2/h27-32,58,63-65H,6-26,33-57H2,1-5H3/b30-27-,31-28-,32-29-/t58-,63-,64-,65+/m1/s1. The Bertz CT molecular complexity index is 1430. The maximum atomic E-state index is 13.5. The Morgan fingerprint density at radius 2 is 0.653 bits per heavy atom. The molecule has 75 heavy (non-hydrogen) atoms. The number of allylic oxidation sites excluding steroid dienone is 6. The molecule has 1 saturated heterocycles. The first-order valence-corrected chi connectivity index (χ1v) is 31.7. The Kier molecular flexibility index (Phi) is 49.5. The van der Waals surface area contributed by atoms with Crippen molar-refractivity contribution in [2.45, 2.75) is 328 Å². The molecule has 0 radical (unpaired) electrons. The maximum Gasteiger partial charge on any atom is 0.308 e. The van der Waals surface area contributed by atoms with Crippen LogP contribution in [-0.4, -0.2) is 80.6 Å². The topological polar surface area (TPSA) is 118 Å². The summed E-state index contributed by atoms with van der Waals surface area (Å²) in [6, 6.07) is 0. The highest BCUT2D eigenvalue weighted by molar-refractivity contribution is 5.72. The number of rotatable bonds is 54. The third kappa shape index (κ3) is 44.7. The van der Waals surface area contributed by atoms with Gasteiger partial charge in [-0.2, -0.15) is 0 Å². The van der Waals surface area contributed by atoms with E-state index in [2.05, 4.69) is 57.2 Å². The number of carbonyl (C=O) groups is 4. The summed E-state index contributed by atoms with van der Waals surface area (Å²) >= 11 is 0. The van der Waals surface area contributed by atoms with Gasteiger partial charge in [-0.15, -0.1) is 0 Å². The van der Waals surface area contributed by atoms with Crippen molar-refractivity contribution in [1.29, 1.82) is 0 Å². The van der Waals surface area contributed by atoms with Crippen LogP contribution in [-0.2, 0) is 42.9 Å². The average molecular weight is 1060 g/mol. The predicted molar refractivity (Wildman–Crippen MR) is 312 cm³/mol. The van der Waals surface area contributed by atoms with Crippen molar-refractivity contribution in [2.24, 2.45) is 0 Å². The van der Waals surface area contributed by atoms with Gasteiger partial charge >= 0.3 is 23.9 Å². The third-order valence-corrected chi connectivity index (χ3v) is 14.4. The first kappa shape index (κ1) is 70.0. The second-order valence-electron chi connectivity index (χ2n) is 22.0. The first-order chi connectivity index (χ1) is 36.7. The van der Waals surface area contributed by atoms with E-state index >= 15 is 0 Å². The third-order valence-electron chi connectivity index (χ3n) is 14.4. The van der Waals surface area contributed by atoms with Crippen molar-refractivity contribution in [2.75, 3.05) is 27.2 Å². The van der Waals surface area contributed by atoms with Crippen LogP contribution in [0.2, 0.25) is 0 Å². The second kappa shape index (κ2) is 53.0. The van der Waals surface area contributed by atoms with E-state index in [1.165, 1.54) is 135 Å². The van der Waals surface area contributed by atoms with Crippen LogP contribution in [0.1, 0.15) is 303 Å². The fourth-order valence-electron chi connectivity index (χ4n) is 9.61. The van der Waals surface area contributed by atoms with Gasteiger partial charge in [0.25, 0.3) is 0 Å². The molecule has 0 saturated carbocycles. The molecular formula is C65H117NO9. The van der Waals surface area contributed by atoms with Gasteiger partial charge in [-0.05, 0) is 123 Å². The molecule has 1 aliphatic rings. The summed E-state index contributed by atoms with van der Waals surface area (Å²) in [5.41, 5.74) is 0. The highest BCUT2D eigenvalue weighted by Gasteiger charge is 2.52. The Labute approximate surface area is 461 Å². The second-order valence-corrected chi connectivity index (χ2v) is 22.0. The zero-order valence-corrected chi connectivity index (χ0v) is 49.4. The Balaban J connectivity index is 2.82. The smallest absolute Gasteiger partial charge is 0.308 e. The molecule has 0 unspecified atom stereocenters. The van der Waals surface area contributed by atoms with Gasteiger partial charge in [0.15, 0.2) is 6.10 Å². The summed E-state index contributed by atoms with van der Waals surface area (Å²) in [4.78, 5) is 55.3. The predicted octanol–water partition coefficient (Wildman–Crippen LogP) is 18.1. The molecule has 0 N–H and O–H groups in total. The van der Waals surface area contributed by atoms with Crippen LogP contribution in [0.4, 0.5) is 0 Å². The number of hydrogen-bond acceptors (Lipinski definition) is 10. The lowest BCUT2D eigenvalue weighted by molar-refractivity contribution is -0.200. The van der Waals surface area contributed by atoms with Crippen LogP contribution in [0.15, 0.2) is 36.5 Å². The van der Waals surface area contributed by atoms with Crippen LogP contribution in [0.3, 0.4) is 0 Å². The number of ether oxygens (including phenoxy) is 5. The first-order valence-electron chi connectivity index (χ1n) is 31.7. The molecule has 436 valence electrons. The number of hydrogen-bond donors (Lipinski definition) is 0. The Hall–Kier alpha value is -2.98. The number of esters is 4. The van der Waals surface area contributed by atoms with Gasteiger partial charge in [-0.1, -0.05) is 211 Å². The minimum Gasteiger partial charge on any atom is -0.463 e. The van der Waals surface area contributed by atoms with Gasteiger partial charge < -0.3 is 28.6 Å². The number of nitrogens with zero attached hydrogens (tertiary/aromatic N) is 1. The summed E-state index contributed by atoms with van der Waals surface area (Å²) < 4.78 is 30.0. The van der Waals surface area contributed by atoms with Crippen LogP contribution in [0.5, 0.6) is 0 Å². The fourth-order valence-corrected chi connectivity index (χ4v) is 9.61. The summed E-state index contributed by atoms with van der Waals surface area (Å²) in [6.07, 6.45) is 55.8. The van der Waals surface area contributed by atoms with Gasteiger partial charge in [-0.3, -0.25) is 19.2 Å². The molecule has 1 rings (SSSR count). The molecule has 4 atom stereocenters. The van der Waals surface area contributed by atoms with E-state index in [1.807, 2.05) is 19.0 Å². The minimum absolute atomic E-state index is 0.186. The molecule has 1 aliphatic heterocycles. The van der Waals surface area contributed by atoms with E-state index in [0.717, 1.165) is 103 Å². The monoisotopic (exact) mass is 1060 g/mol. The van der Waals surface area contributed by atoms with Crippen LogP contribution in [0, 0.1) is 0 Å². The summed E-state index contributed by atoms with van der Waals surface area (Å²) in [7, 11) is 3.90. The molecule has 1 heterocycles. The average Bonchev–Trinajstić information content (AvgIpc) is 3.69. The zero-order valence-electron chi connectivity index (χ0n) is 49.4. The summed E-state index contributed by atoms with van der Waals surface area (Å²) in [5.74, 6) is -1.77. The van der Waals surface area contributed by atoms with Crippen molar-refractivity contribution < 1.29 is 42.9 Å². The number of unbranched alkanes of at least 4 members (excludes halogenated alkanes) is 33. The molecule has 0 aromatic heterocycles. The van der Waals surface area contributed by atoms with Crippen molar-refractivity contribution in [1.82, 2.24) is 4.90 Å². The van der Waals surface area contributed by atoms with Gasteiger partial charge in [0.2, 0.25) is 12.4 Å². The normalized spacial score (nSPS) is 16.8. The van der Waals surface area contributed by atoms with Gasteiger partial charge in [0, 0.05) is 25.7 Å². The lowest BCUT2D eigenvalue weighted by Gasteiger charge is -2.24. The SMILES string of the molecule is CCCCCCCC/C=C\CCCCCCCC(=O)O[C@@H]1O[C@H](COC(=O)CCCN(C)C)[C@@H](OC(=O)CCCCCCC/C=C\CCCCCCCC)[C@H]1OC(=O)CCCCCCC/C=C\CCCCCCCC. The van der Waals surface area contributed by atoms with Gasteiger partial charge in [0.05, 0.1) is 0 Å². The Morgan fingerprint density at radius 1 is 0.360 bits per heavy atom. The molecule has 0 aromatic rings. The van der Waals surface area contributed by atoms with Gasteiger partial charge in [-0.25, -0.2) is 0 Å². The highest BCUT2D eigenvalue weighted by Crippen LogP contribution is 2.30. The molecule has 0 bridgehead atoms. The van der Waals surface area contributed by atoms with E-state index in [1.54, 1.807) is 0 Å². The van der Waals surface area contributed by atoms with Crippen LogP contribution in [0.25, 0.3) is 0 Å². The zero-order chi connectivity index (χ0) is 54.5. The van der Waals surface area contributed by atoms with Crippen molar-refractivity contribution in [3.8, 4) is 0 Å². The quantitative estimate of drug-likeness (QED) is 0.0252. The highest BCUT2D eigenvalue weighted by atomic mass is 16.8. The van der Waals surface area contributed by atoms with Crippen molar-refractivity contribution in [3.63, 3.8) is 0 Å². The lowest BCUT2D eigenvalue weighted by atomic mass is 10.1. The van der Waals surface area contributed by atoms with E-state index < -0.39 is 48.5 Å². The largest absolute Gasteiger partial charge is 0.463 e. The van der Waals surface area contributed by atoms with Crippen molar-refractivity contribution in [3.05, 3.63) is 36.5 Å². The van der Waals surface area contributed by atoms with Crippen LogP contribution >= 0.6 is 0 Å². The van der Waals surface area contributed by atoms with Crippen molar-refractivity contribution >= 4 is 23.9 Å². The summed E-state index contributed by atoms with van der Waals surface area (Å²) in [5, 5.41) is 0. The Morgan fingerprint density at radius 3 is 1.00 bits per heavy atom. The summed E-state index contributed by atoms with van der Waals surface area (Å²) in [6.45, 7) is 7.27.